The highest BCUT2D eigenvalue weighted by atomic mass is 79.9. The molecule has 0 N–H and O–H groups in total. The fourth-order valence-corrected chi connectivity index (χ4v) is 3.53. The van der Waals surface area contributed by atoms with E-state index in [1.54, 1.807) is 31.4 Å². The molecule has 0 fully saturated rings. The van der Waals surface area contributed by atoms with Crippen molar-refractivity contribution in [2.24, 2.45) is 0 Å². The molecule has 1 heterocycles. The summed E-state index contributed by atoms with van der Waals surface area (Å²) in [7, 11) is 1.59. The van der Waals surface area contributed by atoms with E-state index in [4.69, 9.17) is 14.2 Å². The monoisotopic (exact) mass is 450 g/mol. The smallest absolute Gasteiger partial charge is 0.231 e. The van der Waals surface area contributed by atoms with Gasteiger partial charge in [-0.05, 0) is 54.5 Å². The molecule has 0 radical (unpaired) electrons. The first kappa shape index (κ1) is 19.3. The predicted octanol–water partition coefficient (Wildman–Crippen LogP) is 5.96. The Morgan fingerprint density at radius 3 is 2.69 bits per heavy atom. The quantitative estimate of drug-likeness (QED) is 0.449. The van der Waals surface area contributed by atoms with Crippen LogP contribution in [0.3, 0.4) is 0 Å². The molecule has 0 amide bonds. The van der Waals surface area contributed by atoms with Gasteiger partial charge in [-0.3, -0.25) is 4.79 Å². The van der Waals surface area contributed by atoms with Gasteiger partial charge in [0, 0.05) is 16.1 Å². The van der Waals surface area contributed by atoms with E-state index in [1.807, 2.05) is 36.4 Å². The average molecular weight is 451 g/mol. The molecule has 4 nitrogen and oxygen atoms in total. The first-order valence-corrected chi connectivity index (χ1v) is 9.93. The molecule has 29 heavy (non-hydrogen) atoms. The Kier molecular flexibility index (Phi) is 5.41. The number of carbonyl (C=O) groups excluding carboxylic acids is 1. The van der Waals surface area contributed by atoms with E-state index < -0.39 is 0 Å². The van der Waals surface area contributed by atoms with Gasteiger partial charge in [-0.25, -0.2) is 0 Å². The van der Waals surface area contributed by atoms with Crippen molar-refractivity contribution in [3.05, 3.63) is 93.1 Å². The van der Waals surface area contributed by atoms with Crippen molar-refractivity contribution in [1.29, 1.82) is 0 Å². The van der Waals surface area contributed by atoms with Gasteiger partial charge in [-0.2, -0.15) is 0 Å². The number of benzene rings is 3. The molecule has 0 spiro atoms. The van der Waals surface area contributed by atoms with Crippen molar-refractivity contribution in [3.63, 3.8) is 0 Å². The number of fused-ring (bicyclic) bond motifs is 1. The van der Waals surface area contributed by atoms with E-state index in [-0.39, 0.29) is 11.5 Å². The van der Waals surface area contributed by atoms with Crippen LogP contribution in [0, 0.1) is 6.92 Å². The number of ketones is 1. The van der Waals surface area contributed by atoms with Crippen molar-refractivity contribution in [2.75, 3.05) is 7.11 Å². The molecule has 0 saturated heterocycles. The van der Waals surface area contributed by atoms with Crippen LogP contribution in [0.15, 0.2) is 70.9 Å². The Bertz CT molecular complexity index is 1120. The first-order valence-electron chi connectivity index (χ1n) is 9.14. The zero-order chi connectivity index (χ0) is 20.4. The largest absolute Gasteiger partial charge is 0.496 e. The van der Waals surface area contributed by atoms with Gasteiger partial charge < -0.3 is 14.2 Å². The number of halogens is 1. The van der Waals surface area contributed by atoms with Gasteiger partial charge >= 0.3 is 0 Å². The van der Waals surface area contributed by atoms with Crippen LogP contribution < -0.4 is 14.2 Å². The van der Waals surface area contributed by atoms with E-state index in [0.29, 0.717) is 29.4 Å². The zero-order valence-electron chi connectivity index (χ0n) is 16.1. The van der Waals surface area contributed by atoms with Crippen LogP contribution in [-0.2, 0) is 6.61 Å². The number of rotatable bonds is 5. The molecule has 1 aliphatic rings. The molecular formula is C24H19BrO4. The average Bonchev–Trinajstić information content (AvgIpc) is 3.02. The van der Waals surface area contributed by atoms with Gasteiger partial charge in [-0.1, -0.05) is 40.2 Å². The second-order valence-electron chi connectivity index (χ2n) is 6.70. The summed E-state index contributed by atoms with van der Waals surface area (Å²) in [5.41, 5.74) is 3.57. The lowest BCUT2D eigenvalue weighted by Crippen LogP contribution is -1.99. The van der Waals surface area contributed by atoms with Crippen LogP contribution in [0.4, 0.5) is 0 Å². The Morgan fingerprint density at radius 1 is 1.07 bits per heavy atom. The molecule has 1 aliphatic heterocycles. The zero-order valence-corrected chi connectivity index (χ0v) is 17.7. The summed E-state index contributed by atoms with van der Waals surface area (Å²) in [6.07, 6.45) is 1.69. The summed E-state index contributed by atoms with van der Waals surface area (Å²) in [5.74, 6) is 1.91. The number of hydrogen-bond donors (Lipinski definition) is 0. The summed E-state index contributed by atoms with van der Waals surface area (Å²) in [5, 5.41) is 0. The Labute approximate surface area is 177 Å². The second-order valence-corrected chi connectivity index (χ2v) is 7.61. The minimum atomic E-state index is -0.160. The molecule has 0 aromatic heterocycles. The van der Waals surface area contributed by atoms with Crippen molar-refractivity contribution in [3.8, 4) is 17.2 Å². The lowest BCUT2D eigenvalue weighted by Gasteiger charge is -2.09. The topological polar surface area (TPSA) is 44.8 Å². The van der Waals surface area contributed by atoms with Gasteiger partial charge in [0.1, 0.15) is 23.9 Å². The second kappa shape index (κ2) is 8.13. The number of Topliss-reactive ketones (excluding diaryl/α,β-unsaturated/α-hetero) is 1. The lowest BCUT2D eigenvalue weighted by atomic mass is 10.1. The third-order valence-electron chi connectivity index (χ3n) is 4.78. The molecule has 0 atom stereocenters. The standard InChI is InChI=1S/C24H19BrO4/c1-15-5-3-4-6-16(15)14-28-19-8-9-20-22(13-19)29-23(24(20)26)12-17-11-18(25)7-10-21(17)27-2/h3-13H,14H2,1-2H3/b23-12-. The van der Waals surface area contributed by atoms with E-state index in [2.05, 4.69) is 28.9 Å². The normalized spacial score (nSPS) is 13.9. The summed E-state index contributed by atoms with van der Waals surface area (Å²) in [6, 6.07) is 19.0. The highest BCUT2D eigenvalue weighted by Gasteiger charge is 2.28. The first-order chi connectivity index (χ1) is 14.0. The third-order valence-corrected chi connectivity index (χ3v) is 5.27. The number of ether oxygens (including phenoxy) is 3. The molecule has 146 valence electrons. The van der Waals surface area contributed by atoms with Crippen molar-refractivity contribution in [1.82, 2.24) is 0 Å². The van der Waals surface area contributed by atoms with E-state index in [1.165, 1.54) is 5.56 Å². The number of allylic oxidation sites excluding steroid dienone is 1. The number of carbonyl (C=O) groups is 1. The van der Waals surface area contributed by atoms with Gasteiger partial charge in [-0.15, -0.1) is 0 Å². The Balaban J connectivity index is 1.56. The van der Waals surface area contributed by atoms with Crippen LogP contribution in [-0.4, -0.2) is 12.9 Å². The molecule has 3 aromatic carbocycles. The molecule has 0 aliphatic carbocycles. The Morgan fingerprint density at radius 2 is 1.90 bits per heavy atom. The van der Waals surface area contributed by atoms with E-state index in [0.717, 1.165) is 15.6 Å². The molecule has 5 heteroatoms. The number of hydrogen-bond acceptors (Lipinski definition) is 4. The Hall–Kier alpha value is -3.05. The maximum Gasteiger partial charge on any atom is 0.231 e. The predicted molar refractivity (Wildman–Crippen MR) is 116 cm³/mol. The van der Waals surface area contributed by atoms with Crippen LogP contribution in [0.25, 0.3) is 6.08 Å². The fourth-order valence-electron chi connectivity index (χ4n) is 3.15. The van der Waals surface area contributed by atoms with Crippen LogP contribution in [0.2, 0.25) is 0 Å². The van der Waals surface area contributed by atoms with Crippen LogP contribution in [0.1, 0.15) is 27.0 Å². The molecule has 4 rings (SSSR count). The SMILES string of the molecule is COc1ccc(Br)cc1/C=C1\Oc2cc(OCc3ccccc3C)ccc2C1=O. The molecule has 0 unspecified atom stereocenters. The van der Waals surface area contributed by atoms with Crippen LogP contribution >= 0.6 is 15.9 Å². The van der Waals surface area contributed by atoms with E-state index >= 15 is 0 Å². The highest BCUT2D eigenvalue weighted by molar-refractivity contribution is 9.10. The molecular weight excluding hydrogens is 432 g/mol. The highest BCUT2D eigenvalue weighted by Crippen LogP contribution is 2.36. The minimum absolute atomic E-state index is 0.160. The van der Waals surface area contributed by atoms with Crippen molar-refractivity contribution < 1.29 is 19.0 Å². The van der Waals surface area contributed by atoms with Gasteiger partial charge in [0.2, 0.25) is 5.78 Å². The van der Waals surface area contributed by atoms with Crippen LogP contribution in [0.5, 0.6) is 17.2 Å². The van der Waals surface area contributed by atoms with Crippen molar-refractivity contribution >= 4 is 27.8 Å². The van der Waals surface area contributed by atoms with E-state index in [9.17, 15) is 4.79 Å². The minimum Gasteiger partial charge on any atom is -0.496 e. The maximum absolute atomic E-state index is 12.7. The summed E-state index contributed by atoms with van der Waals surface area (Å²) >= 11 is 3.44. The van der Waals surface area contributed by atoms with Gasteiger partial charge in [0.05, 0.1) is 12.7 Å². The molecule has 0 bridgehead atoms. The molecule has 0 saturated carbocycles. The summed E-state index contributed by atoms with van der Waals surface area (Å²) in [6.45, 7) is 2.51. The fraction of sp³-hybridized carbons (Fsp3) is 0.125. The molecule has 3 aromatic rings. The maximum atomic E-state index is 12.7. The summed E-state index contributed by atoms with van der Waals surface area (Å²) < 4.78 is 18.0. The summed E-state index contributed by atoms with van der Waals surface area (Å²) in [4.78, 5) is 12.7. The third kappa shape index (κ3) is 4.05. The van der Waals surface area contributed by atoms with Gasteiger partial charge in [0.15, 0.2) is 5.76 Å². The number of aryl methyl sites for hydroxylation is 1. The van der Waals surface area contributed by atoms with Gasteiger partial charge in [0.25, 0.3) is 0 Å². The number of methoxy groups -OCH3 is 1. The van der Waals surface area contributed by atoms with Crippen molar-refractivity contribution in [2.45, 2.75) is 13.5 Å². The lowest BCUT2D eigenvalue weighted by molar-refractivity contribution is 0.101.